The molecule has 1 atom stereocenters. The second-order valence-electron chi connectivity index (χ2n) is 6.39. The van der Waals surface area contributed by atoms with Gasteiger partial charge < -0.3 is 14.8 Å². The Morgan fingerprint density at radius 3 is 2.58 bits per heavy atom. The van der Waals surface area contributed by atoms with E-state index in [9.17, 15) is 4.79 Å². The average molecular weight is 355 g/mol. The van der Waals surface area contributed by atoms with Crippen LogP contribution in [-0.2, 0) is 0 Å². The Bertz CT molecular complexity index is 773. The van der Waals surface area contributed by atoms with Crippen LogP contribution in [0.4, 0.5) is 0 Å². The van der Waals surface area contributed by atoms with Gasteiger partial charge in [0.05, 0.1) is 20.3 Å². The fourth-order valence-corrected chi connectivity index (χ4v) is 3.15. The predicted molar refractivity (Wildman–Crippen MR) is 101 cm³/mol. The first-order valence-electron chi connectivity index (χ1n) is 8.71. The van der Waals surface area contributed by atoms with Crippen LogP contribution < -0.4 is 25.6 Å². The molecule has 0 radical (unpaired) electrons. The molecule has 0 bridgehead atoms. The molecule has 0 unspecified atom stereocenters. The van der Waals surface area contributed by atoms with Crippen LogP contribution in [0.2, 0.25) is 0 Å². The van der Waals surface area contributed by atoms with Gasteiger partial charge in [-0.15, -0.1) is 0 Å². The molecule has 26 heavy (non-hydrogen) atoms. The zero-order valence-corrected chi connectivity index (χ0v) is 15.3. The summed E-state index contributed by atoms with van der Waals surface area (Å²) in [4.78, 5) is 12.7. The minimum absolute atomic E-state index is 0.132. The van der Waals surface area contributed by atoms with E-state index in [-0.39, 0.29) is 11.9 Å². The number of hydrazine groups is 1. The summed E-state index contributed by atoms with van der Waals surface area (Å²) in [5.41, 5.74) is 8.91. The topological polar surface area (TPSA) is 71.6 Å². The molecule has 2 aromatic carbocycles. The number of nitrogens with one attached hydrogen (secondary N) is 3. The van der Waals surface area contributed by atoms with Gasteiger partial charge in [-0.2, -0.15) is 0 Å². The highest BCUT2D eigenvalue weighted by atomic mass is 16.5. The average Bonchev–Trinajstić information content (AvgIpc) is 3.22. The first-order chi connectivity index (χ1) is 12.6. The number of hydrogen-bond donors (Lipinski definition) is 3. The Hall–Kier alpha value is -2.57. The Morgan fingerprint density at radius 1 is 1.12 bits per heavy atom. The van der Waals surface area contributed by atoms with E-state index in [2.05, 4.69) is 16.2 Å². The molecule has 0 aromatic heterocycles. The van der Waals surface area contributed by atoms with Crippen molar-refractivity contribution in [3.63, 3.8) is 0 Å². The maximum Gasteiger partial charge on any atom is 0.251 e. The van der Waals surface area contributed by atoms with Crippen molar-refractivity contribution in [2.24, 2.45) is 0 Å². The highest BCUT2D eigenvalue weighted by Crippen LogP contribution is 2.29. The second kappa shape index (κ2) is 8.21. The van der Waals surface area contributed by atoms with Crippen LogP contribution >= 0.6 is 0 Å². The molecule has 1 aliphatic heterocycles. The van der Waals surface area contributed by atoms with Crippen LogP contribution in [0.1, 0.15) is 40.4 Å². The summed E-state index contributed by atoms with van der Waals surface area (Å²) in [6, 6.07) is 13.2. The maximum atomic E-state index is 12.7. The summed E-state index contributed by atoms with van der Waals surface area (Å²) in [5.74, 6) is 1.71. The number of carbonyl (C=O) groups excluding carboxylic acids is 1. The molecule has 6 nitrogen and oxygen atoms in total. The van der Waals surface area contributed by atoms with Crippen molar-refractivity contribution in [3.8, 4) is 11.5 Å². The van der Waals surface area contributed by atoms with Crippen molar-refractivity contribution in [2.75, 3.05) is 27.3 Å². The quantitative estimate of drug-likeness (QED) is 0.742. The first-order valence-corrected chi connectivity index (χ1v) is 8.71. The third-order valence-electron chi connectivity index (χ3n) is 4.70. The van der Waals surface area contributed by atoms with E-state index in [1.165, 1.54) is 0 Å². The smallest absolute Gasteiger partial charge is 0.251 e. The van der Waals surface area contributed by atoms with E-state index in [1.54, 1.807) is 20.3 Å². The monoisotopic (exact) mass is 355 g/mol. The molecule has 2 aromatic rings. The molecule has 0 spiro atoms. The van der Waals surface area contributed by atoms with Crippen LogP contribution in [0.5, 0.6) is 11.5 Å². The van der Waals surface area contributed by atoms with E-state index < -0.39 is 0 Å². The van der Waals surface area contributed by atoms with E-state index in [0.717, 1.165) is 35.7 Å². The summed E-state index contributed by atoms with van der Waals surface area (Å²) >= 11 is 0. The van der Waals surface area contributed by atoms with Gasteiger partial charge in [0.2, 0.25) is 0 Å². The van der Waals surface area contributed by atoms with Gasteiger partial charge in [0.25, 0.3) is 5.91 Å². The number of hydrogen-bond acceptors (Lipinski definition) is 5. The Morgan fingerprint density at radius 2 is 1.88 bits per heavy atom. The van der Waals surface area contributed by atoms with Gasteiger partial charge in [0, 0.05) is 24.6 Å². The number of amides is 1. The number of ether oxygens (including phenoxy) is 2. The summed E-state index contributed by atoms with van der Waals surface area (Å²) in [5, 5.41) is 3.03. The summed E-state index contributed by atoms with van der Waals surface area (Å²) in [7, 11) is 3.26. The Balaban J connectivity index is 1.74. The highest BCUT2D eigenvalue weighted by molar-refractivity contribution is 5.95. The second-order valence-corrected chi connectivity index (χ2v) is 6.39. The van der Waals surface area contributed by atoms with Crippen LogP contribution in [0.15, 0.2) is 42.5 Å². The molecule has 1 amide bonds. The minimum atomic E-state index is -0.133. The fraction of sp³-hybridized carbons (Fsp3) is 0.350. The SMILES string of the molecule is COc1cccc([C@@H](C)NC(=O)c2ccc(C3CNNC3)c(OC)c2)c1. The van der Waals surface area contributed by atoms with Crippen LogP contribution in [0.25, 0.3) is 0 Å². The number of benzene rings is 2. The summed E-state index contributed by atoms with van der Waals surface area (Å²) in [6.07, 6.45) is 0. The fourth-order valence-electron chi connectivity index (χ4n) is 3.15. The third-order valence-corrected chi connectivity index (χ3v) is 4.70. The molecule has 0 saturated carbocycles. The molecule has 1 saturated heterocycles. The van der Waals surface area contributed by atoms with Gasteiger partial charge in [0.15, 0.2) is 0 Å². The number of carbonyl (C=O) groups is 1. The highest BCUT2D eigenvalue weighted by Gasteiger charge is 2.21. The van der Waals surface area contributed by atoms with Crippen molar-refractivity contribution in [2.45, 2.75) is 18.9 Å². The molecular formula is C20H25N3O3. The zero-order chi connectivity index (χ0) is 18.5. The van der Waals surface area contributed by atoms with E-state index in [4.69, 9.17) is 9.47 Å². The van der Waals surface area contributed by atoms with Crippen LogP contribution in [0, 0.1) is 0 Å². The van der Waals surface area contributed by atoms with Crippen molar-refractivity contribution in [1.82, 2.24) is 16.2 Å². The lowest BCUT2D eigenvalue weighted by molar-refractivity contribution is 0.0939. The van der Waals surface area contributed by atoms with Crippen molar-refractivity contribution in [1.29, 1.82) is 0 Å². The van der Waals surface area contributed by atoms with Gasteiger partial charge in [-0.05, 0) is 42.3 Å². The van der Waals surface area contributed by atoms with Crippen molar-refractivity contribution in [3.05, 3.63) is 59.2 Å². The van der Waals surface area contributed by atoms with Gasteiger partial charge >= 0.3 is 0 Å². The van der Waals surface area contributed by atoms with E-state index in [0.29, 0.717) is 11.5 Å². The largest absolute Gasteiger partial charge is 0.497 e. The lowest BCUT2D eigenvalue weighted by Crippen LogP contribution is -2.26. The van der Waals surface area contributed by atoms with Crippen LogP contribution in [0.3, 0.4) is 0 Å². The summed E-state index contributed by atoms with van der Waals surface area (Å²) < 4.78 is 10.8. The molecule has 1 heterocycles. The lowest BCUT2D eigenvalue weighted by atomic mass is 9.97. The molecule has 3 N–H and O–H groups in total. The lowest BCUT2D eigenvalue weighted by Gasteiger charge is -2.17. The van der Waals surface area contributed by atoms with Gasteiger partial charge in [-0.25, -0.2) is 0 Å². The third kappa shape index (κ3) is 3.98. The molecule has 1 fully saturated rings. The maximum absolute atomic E-state index is 12.7. The summed E-state index contributed by atoms with van der Waals surface area (Å²) in [6.45, 7) is 3.64. The number of methoxy groups -OCH3 is 2. The standard InChI is InChI=1S/C20H25N3O3/c1-13(14-5-4-6-17(9-14)25-2)23-20(24)15-7-8-18(19(10-15)26-3)16-11-21-22-12-16/h4-10,13,16,21-22H,11-12H2,1-3H3,(H,23,24)/t13-/m1/s1. The zero-order valence-electron chi connectivity index (χ0n) is 15.3. The van der Waals surface area contributed by atoms with Crippen LogP contribution in [-0.4, -0.2) is 33.2 Å². The molecular weight excluding hydrogens is 330 g/mol. The van der Waals surface area contributed by atoms with Gasteiger partial charge in [0.1, 0.15) is 11.5 Å². The van der Waals surface area contributed by atoms with Gasteiger partial charge in [-0.3, -0.25) is 15.6 Å². The Labute approximate surface area is 153 Å². The van der Waals surface area contributed by atoms with E-state index in [1.807, 2.05) is 43.3 Å². The predicted octanol–water partition coefficient (Wildman–Crippen LogP) is 2.39. The molecule has 3 rings (SSSR count). The van der Waals surface area contributed by atoms with E-state index >= 15 is 0 Å². The molecule has 138 valence electrons. The first kappa shape index (κ1) is 18.2. The number of rotatable bonds is 6. The molecule has 6 heteroatoms. The Kier molecular flexibility index (Phi) is 5.75. The minimum Gasteiger partial charge on any atom is -0.497 e. The molecule has 0 aliphatic carbocycles. The van der Waals surface area contributed by atoms with Gasteiger partial charge in [-0.1, -0.05) is 18.2 Å². The normalized spacial score (nSPS) is 15.5. The van der Waals surface area contributed by atoms with Crippen molar-refractivity contribution < 1.29 is 14.3 Å². The molecule has 1 aliphatic rings. The van der Waals surface area contributed by atoms with Crippen molar-refractivity contribution >= 4 is 5.91 Å².